The van der Waals surface area contributed by atoms with Crippen LogP contribution in [0.1, 0.15) is 38.8 Å². The molecule has 0 aliphatic heterocycles. The van der Waals surface area contributed by atoms with E-state index in [0.29, 0.717) is 5.56 Å². The van der Waals surface area contributed by atoms with Crippen LogP contribution in [0.2, 0.25) is 0 Å². The van der Waals surface area contributed by atoms with Crippen LogP contribution in [-0.2, 0) is 6.18 Å². The maximum Gasteiger partial charge on any atom is 0.417 e. The third-order valence-electron chi connectivity index (χ3n) is 2.21. The molecule has 1 aromatic rings. The van der Waals surface area contributed by atoms with Crippen molar-refractivity contribution < 1.29 is 22.8 Å². The molecule has 0 amide bonds. The van der Waals surface area contributed by atoms with Gasteiger partial charge in [-0.2, -0.15) is 13.2 Å². The van der Waals surface area contributed by atoms with Gasteiger partial charge >= 0.3 is 6.18 Å². The summed E-state index contributed by atoms with van der Waals surface area (Å²) in [6, 6.07) is 1.80. The van der Waals surface area contributed by atoms with Crippen molar-refractivity contribution in [2.45, 2.75) is 20.0 Å². The number of carbonyl (C=O) groups is 2. The molecule has 0 bridgehead atoms. The van der Waals surface area contributed by atoms with Gasteiger partial charge in [0.1, 0.15) is 0 Å². The third-order valence-corrected chi connectivity index (χ3v) is 2.21. The van der Waals surface area contributed by atoms with E-state index in [2.05, 4.69) is 0 Å². The van der Waals surface area contributed by atoms with Crippen LogP contribution in [0.4, 0.5) is 13.2 Å². The second-order valence-corrected chi connectivity index (χ2v) is 3.43. The molecule has 1 rings (SSSR count). The third kappa shape index (κ3) is 2.29. The summed E-state index contributed by atoms with van der Waals surface area (Å²) in [6.07, 6.45) is -4.49. The van der Waals surface area contributed by atoms with Crippen molar-refractivity contribution in [3.8, 4) is 0 Å². The number of rotatable bonds is 2. The Kier molecular flexibility index (Phi) is 3.16. The Balaban J connectivity index is 3.53. The Morgan fingerprint density at radius 3 is 2.25 bits per heavy atom. The Hall–Kier alpha value is -1.65. The lowest BCUT2D eigenvalue weighted by atomic mass is 9.97. The van der Waals surface area contributed by atoms with Gasteiger partial charge in [0, 0.05) is 11.1 Å². The number of halogens is 3. The molecule has 0 unspecified atom stereocenters. The van der Waals surface area contributed by atoms with Gasteiger partial charge in [-0.15, -0.1) is 0 Å². The number of aryl methyl sites for hydroxylation is 1. The average Bonchev–Trinajstić information content (AvgIpc) is 2.14. The molecule has 0 saturated heterocycles. The van der Waals surface area contributed by atoms with Crippen molar-refractivity contribution in [3.63, 3.8) is 0 Å². The quantitative estimate of drug-likeness (QED) is 0.578. The molecule has 5 heteroatoms. The fourth-order valence-electron chi connectivity index (χ4n) is 1.45. The van der Waals surface area contributed by atoms with Crippen molar-refractivity contribution >= 4 is 12.1 Å². The highest BCUT2D eigenvalue weighted by molar-refractivity contribution is 5.96. The van der Waals surface area contributed by atoms with Gasteiger partial charge in [-0.1, -0.05) is 0 Å². The second-order valence-electron chi connectivity index (χ2n) is 3.43. The predicted molar refractivity (Wildman–Crippen MR) is 51.6 cm³/mol. The van der Waals surface area contributed by atoms with Gasteiger partial charge in [-0.3, -0.25) is 9.59 Å². The molecule has 0 heterocycles. The van der Waals surface area contributed by atoms with Gasteiger partial charge in [-0.05, 0) is 31.5 Å². The van der Waals surface area contributed by atoms with E-state index in [-0.39, 0.29) is 11.8 Å². The summed E-state index contributed by atoms with van der Waals surface area (Å²) < 4.78 is 37.6. The first-order chi connectivity index (χ1) is 7.27. The highest BCUT2D eigenvalue weighted by atomic mass is 19.4. The molecule has 0 saturated carbocycles. The van der Waals surface area contributed by atoms with Gasteiger partial charge in [0.15, 0.2) is 12.1 Å². The second kappa shape index (κ2) is 4.08. The van der Waals surface area contributed by atoms with E-state index in [0.717, 1.165) is 12.1 Å². The van der Waals surface area contributed by atoms with Crippen LogP contribution in [0.15, 0.2) is 12.1 Å². The first-order valence-corrected chi connectivity index (χ1v) is 4.45. The predicted octanol–water partition coefficient (Wildman–Crippen LogP) is 3.03. The maximum atomic E-state index is 12.5. The van der Waals surface area contributed by atoms with Crippen molar-refractivity contribution in [3.05, 3.63) is 34.4 Å². The van der Waals surface area contributed by atoms with E-state index in [4.69, 9.17) is 0 Å². The molecule has 0 fully saturated rings. The SMILES string of the molecule is CC(=O)c1cc(C(F)(F)F)c(C=O)cc1C. The minimum Gasteiger partial charge on any atom is -0.298 e. The zero-order valence-electron chi connectivity index (χ0n) is 8.68. The van der Waals surface area contributed by atoms with Crippen LogP contribution in [0.5, 0.6) is 0 Å². The van der Waals surface area contributed by atoms with Crippen molar-refractivity contribution in [2.24, 2.45) is 0 Å². The van der Waals surface area contributed by atoms with Crippen LogP contribution in [0.3, 0.4) is 0 Å². The standard InChI is InChI=1S/C11H9F3O2/c1-6-3-8(5-15)10(11(12,13)14)4-9(6)7(2)16/h3-5H,1-2H3. The maximum absolute atomic E-state index is 12.5. The zero-order chi connectivity index (χ0) is 12.5. The van der Waals surface area contributed by atoms with Crippen LogP contribution in [0.25, 0.3) is 0 Å². The molecule has 2 nitrogen and oxygen atoms in total. The zero-order valence-corrected chi connectivity index (χ0v) is 8.68. The van der Waals surface area contributed by atoms with Gasteiger partial charge in [0.25, 0.3) is 0 Å². The molecule has 0 aliphatic carbocycles. The van der Waals surface area contributed by atoms with Crippen molar-refractivity contribution in [2.75, 3.05) is 0 Å². The monoisotopic (exact) mass is 230 g/mol. The number of hydrogen-bond acceptors (Lipinski definition) is 2. The Labute approximate surface area is 90.1 Å². The number of ketones is 1. The number of alkyl halides is 3. The van der Waals surface area contributed by atoms with Crippen LogP contribution >= 0.6 is 0 Å². The molecule has 0 atom stereocenters. The summed E-state index contributed by atoms with van der Waals surface area (Å²) in [4.78, 5) is 21.6. The van der Waals surface area contributed by atoms with Gasteiger partial charge in [0.2, 0.25) is 0 Å². The van der Waals surface area contributed by atoms with E-state index < -0.39 is 23.1 Å². The number of aldehydes is 1. The van der Waals surface area contributed by atoms with Crippen LogP contribution in [0, 0.1) is 6.92 Å². The molecule has 0 N–H and O–H groups in total. The molecule has 86 valence electrons. The fourth-order valence-corrected chi connectivity index (χ4v) is 1.45. The highest BCUT2D eigenvalue weighted by Crippen LogP contribution is 2.33. The van der Waals surface area contributed by atoms with Gasteiger partial charge < -0.3 is 0 Å². The van der Waals surface area contributed by atoms with Crippen molar-refractivity contribution in [1.29, 1.82) is 0 Å². The van der Waals surface area contributed by atoms with Crippen LogP contribution in [-0.4, -0.2) is 12.1 Å². The summed E-state index contributed by atoms with van der Waals surface area (Å²) in [5.74, 6) is -0.458. The first kappa shape index (κ1) is 12.4. The van der Waals surface area contributed by atoms with E-state index in [1.54, 1.807) is 0 Å². The lowest BCUT2D eigenvalue weighted by molar-refractivity contribution is -0.137. The topological polar surface area (TPSA) is 34.1 Å². The minimum absolute atomic E-state index is 0.0158. The summed E-state index contributed by atoms with van der Waals surface area (Å²) in [5.41, 5.74) is -1.17. The fraction of sp³-hybridized carbons (Fsp3) is 0.273. The molecule has 16 heavy (non-hydrogen) atoms. The summed E-state index contributed by atoms with van der Waals surface area (Å²) in [6.45, 7) is 2.67. The molecular formula is C11H9F3O2. The lowest BCUT2D eigenvalue weighted by Gasteiger charge is -2.12. The largest absolute Gasteiger partial charge is 0.417 e. The minimum atomic E-state index is -4.63. The number of benzene rings is 1. The van der Waals surface area contributed by atoms with Crippen LogP contribution < -0.4 is 0 Å². The average molecular weight is 230 g/mol. The van der Waals surface area contributed by atoms with E-state index >= 15 is 0 Å². The molecule has 0 aromatic heterocycles. The van der Waals surface area contributed by atoms with Gasteiger partial charge in [0.05, 0.1) is 5.56 Å². The Morgan fingerprint density at radius 2 is 1.88 bits per heavy atom. The van der Waals surface area contributed by atoms with E-state index in [1.165, 1.54) is 13.8 Å². The Bertz CT molecular complexity index is 447. The van der Waals surface area contributed by atoms with Gasteiger partial charge in [-0.25, -0.2) is 0 Å². The summed E-state index contributed by atoms with van der Waals surface area (Å²) in [7, 11) is 0. The Morgan fingerprint density at radius 1 is 1.31 bits per heavy atom. The van der Waals surface area contributed by atoms with E-state index in [1.807, 2.05) is 0 Å². The normalized spacial score (nSPS) is 11.3. The lowest BCUT2D eigenvalue weighted by Crippen LogP contribution is -2.11. The molecule has 0 radical (unpaired) electrons. The number of carbonyl (C=O) groups excluding carboxylic acids is 2. The highest BCUT2D eigenvalue weighted by Gasteiger charge is 2.34. The molecule has 0 spiro atoms. The number of Topliss-reactive ketones (excluding diaryl/α,β-unsaturated/α-hetero) is 1. The summed E-state index contributed by atoms with van der Waals surface area (Å²) in [5, 5.41) is 0. The first-order valence-electron chi connectivity index (χ1n) is 4.45. The van der Waals surface area contributed by atoms with E-state index in [9.17, 15) is 22.8 Å². The molecule has 0 aliphatic rings. The molecule has 1 aromatic carbocycles. The smallest absolute Gasteiger partial charge is 0.298 e. The van der Waals surface area contributed by atoms with Crippen molar-refractivity contribution in [1.82, 2.24) is 0 Å². The summed E-state index contributed by atoms with van der Waals surface area (Å²) >= 11 is 0. The molecular weight excluding hydrogens is 221 g/mol. The number of hydrogen-bond donors (Lipinski definition) is 0.